The molecule has 0 saturated heterocycles. The Morgan fingerprint density at radius 1 is 1.04 bits per heavy atom. The van der Waals surface area contributed by atoms with E-state index < -0.39 is 22.5 Å². The van der Waals surface area contributed by atoms with E-state index in [0.717, 1.165) is 0 Å². The van der Waals surface area contributed by atoms with Crippen LogP contribution in [0.3, 0.4) is 0 Å². The van der Waals surface area contributed by atoms with Crippen LogP contribution in [-0.2, 0) is 16.6 Å². The number of para-hydroxylation sites is 1. The zero-order valence-corrected chi connectivity index (χ0v) is 12.5. The van der Waals surface area contributed by atoms with Crippen LogP contribution in [0.15, 0.2) is 53.4 Å². The average Bonchev–Trinajstić information content (AvgIpc) is 2.70. The molecule has 0 N–H and O–H groups in total. The van der Waals surface area contributed by atoms with Crippen molar-refractivity contribution in [2.24, 2.45) is 0 Å². The van der Waals surface area contributed by atoms with Crippen molar-refractivity contribution in [3.63, 3.8) is 0 Å². The Labute approximate surface area is 131 Å². The van der Waals surface area contributed by atoms with Gasteiger partial charge in [-0.15, -0.1) is 0 Å². The van der Waals surface area contributed by atoms with Crippen molar-refractivity contribution in [2.75, 3.05) is 0 Å². The molecular weight excluding hydrogens is 328 g/mol. The van der Waals surface area contributed by atoms with E-state index in [1.54, 1.807) is 12.1 Å². The predicted molar refractivity (Wildman–Crippen MR) is 76.6 cm³/mol. The summed E-state index contributed by atoms with van der Waals surface area (Å²) in [6.07, 6.45) is 0. The molecule has 2 aromatic rings. The van der Waals surface area contributed by atoms with Crippen LogP contribution in [0.2, 0.25) is 0 Å². The van der Waals surface area contributed by atoms with Gasteiger partial charge in [0.2, 0.25) is 0 Å². The highest BCUT2D eigenvalue weighted by molar-refractivity contribution is 7.90. The third kappa shape index (κ3) is 2.65. The summed E-state index contributed by atoms with van der Waals surface area (Å²) < 4.78 is 54.8. The maximum absolute atomic E-state index is 12.4. The Hall–Kier alpha value is -2.48. The van der Waals surface area contributed by atoms with Gasteiger partial charge >= 0.3 is 6.61 Å². The summed E-state index contributed by atoms with van der Waals surface area (Å²) in [7, 11) is -4.00. The topological polar surface area (TPSA) is 63.7 Å². The summed E-state index contributed by atoms with van der Waals surface area (Å²) in [4.78, 5) is 12.2. The summed E-state index contributed by atoms with van der Waals surface area (Å²) in [5, 5.41) is 0. The monoisotopic (exact) mass is 339 g/mol. The summed E-state index contributed by atoms with van der Waals surface area (Å²) in [5.74, 6) is -0.853. The van der Waals surface area contributed by atoms with Crippen molar-refractivity contribution >= 4 is 15.9 Å². The molecule has 8 heteroatoms. The van der Waals surface area contributed by atoms with Crippen molar-refractivity contribution in [1.82, 2.24) is 4.31 Å². The van der Waals surface area contributed by atoms with Gasteiger partial charge in [-0.2, -0.15) is 8.78 Å². The third-order valence-corrected chi connectivity index (χ3v) is 5.20. The number of sulfonamides is 1. The second kappa shape index (κ2) is 5.62. The van der Waals surface area contributed by atoms with Crippen LogP contribution in [-0.4, -0.2) is 25.2 Å². The fourth-order valence-electron chi connectivity index (χ4n) is 2.39. The van der Waals surface area contributed by atoms with Gasteiger partial charge in [0, 0.05) is 5.56 Å². The molecule has 1 amide bonds. The van der Waals surface area contributed by atoms with Crippen LogP contribution >= 0.6 is 0 Å². The highest BCUT2D eigenvalue weighted by Crippen LogP contribution is 2.33. The van der Waals surface area contributed by atoms with Crippen LogP contribution in [0.25, 0.3) is 0 Å². The van der Waals surface area contributed by atoms with Crippen LogP contribution in [0.5, 0.6) is 5.75 Å². The van der Waals surface area contributed by atoms with Gasteiger partial charge in [0.05, 0.1) is 12.1 Å². The first-order chi connectivity index (χ1) is 10.9. The zero-order valence-electron chi connectivity index (χ0n) is 11.6. The minimum atomic E-state index is -4.00. The lowest BCUT2D eigenvalue weighted by molar-refractivity contribution is -0.0505. The summed E-state index contributed by atoms with van der Waals surface area (Å²) in [5.41, 5.74) is 0.247. The van der Waals surface area contributed by atoms with E-state index in [1.165, 1.54) is 36.4 Å². The number of halogens is 2. The molecule has 0 fully saturated rings. The Morgan fingerprint density at radius 3 is 2.39 bits per heavy atom. The second-order valence-electron chi connectivity index (χ2n) is 4.80. The number of ether oxygens (including phenoxy) is 1. The minimum absolute atomic E-state index is 0.0692. The van der Waals surface area contributed by atoms with Crippen molar-refractivity contribution in [3.05, 3.63) is 59.7 Å². The van der Waals surface area contributed by atoms with Gasteiger partial charge in [-0.3, -0.25) is 4.79 Å². The van der Waals surface area contributed by atoms with Crippen molar-refractivity contribution < 1.29 is 26.7 Å². The van der Waals surface area contributed by atoms with E-state index in [2.05, 4.69) is 4.74 Å². The third-order valence-electron chi connectivity index (χ3n) is 3.41. The van der Waals surface area contributed by atoms with Crippen molar-refractivity contribution in [1.29, 1.82) is 0 Å². The molecule has 1 aliphatic rings. The van der Waals surface area contributed by atoms with Gasteiger partial charge in [0.1, 0.15) is 10.6 Å². The van der Waals surface area contributed by atoms with Gasteiger partial charge in [-0.05, 0) is 18.2 Å². The molecule has 2 aromatic carbocycles. The molecule has 1 heterocycles. The first-order valence-corrected chi connectivity index (χ1v) is 8.04. The van der Waals surface area contributed by atoms with E-state index >= 15 is 0 Å². The maximum Gasteiger partial charge on any atom is 0.387 e. The largest absolute Gasteiger partial charge is 0.434 e. The normalized spacial score (nSPS) is 15.8. The van der Waals surface area contributed by atoms with Gasteiger partial charge in [0.25, 0.3) is 15.9 Å². The van der Waals surface area contributed by atoms with Gasteiger partial charge in [-0.1, -0.05) is 30.3 Å². The summed E-state index contributed by atoms with van der Waals surface area (Å²) in [6.45, 7) is -3.42. The lowest BCUT2D eigenvalue weighted by Crippen LogP contribution is -2.29. The summed E-state index contributed by atoms with van der Waals surface area (Å²) >= 11 is 0. The van der Waals surface area contributed by atoms with E-state index in [0.29, 0.717) is 4.31 Å². The Balaban J connectivity index is 1.98. The molecule has 0 aliphatic carbocycles. The number of nitrogens with zero attached hydrogens (tertiary/aromatic N) is 1. The smallest absolute Gasteiger partial charge is 0.387 e. The number of benzene rings is 2. The van der Waals surface area contributed by atoms with Crippen LogP contribution in [0.1, 0.15) is 15.9 Å². The number of amides is 1. The summed E-state index contributed by atoms with van der Waals surface area (Å²) in [6, 6.07) is 11.6. The number of carbonyl (C=O) groups excluding carboxylic acids is 1. The zero-order chi connectivity index (χ0) is 16.6. The number of hydrogen-bond donors (Lipinski definition) is 0. The fourth-order valence-corrected chi connectivity index (χ4v) is 3.93. The Bertz CT molecular complexity index is 867. The molecule has 0 atom stereocenters. The number of hydrogen-bond acceptors (Lipinski definition) is 4. The maximum atomic E-state index is 12.4. The molecule has 0 radical (unpaired) electrons. The van der Waals surface area contributed by atoms with Crippen molar-refractivity contribution in [2.45, 2.75) is 18.1 Å². The first kappa shape index (κ1) is 15.4. The standard InChI is InChI=1S/C15H11F2NO4S/c16-15(17)22-12-7-3-1-5-10(12)9-18-14(19)11-6-2-4-8-13(11)23(18,20)21/h1-8,15H,9H2. The van der Waals surface area contributed by atoms with Gasteiger partial charge in [0.15, 0.2) is 0 Å². The van der Waals surface area contributed by atoms with E-state index in [1.807, 2.05) is 0 Å². The molecule has 0 spiro atoms. The van der Waals surface area contributed by atoms with Crippen LogP contribution < -0.4 is 4.74 Å². The fraction of sp³-hybridized carbons (Fsp3) is 0.133. The van der Waals surface area contributed by atoms with Crippen LogP contribution in [0.4, 0.5) is 8.78 Å². The van der Waals surface area contributed by atoms with Crippen molar-refractivity contribution in [3.8, 4) is 5.75 Å². The van der Waals surface area contributed by atoms with E-state index in [4.69, 9.17) is 0 Å². The highest BCUT2D eigenvalue weighted by atomic mass is 32.2. The van der Waals surface area contributed by atoms with E-state index in [9.17, 15) is 22.0 Å². The molecule has 0 aromatic heterocycles. The molecule has 0 unspecified atom stereocenters. The molecule has 3 rings (SSSR count). The van der Waals surface area contributed by atoms with Gasteiger partial charge in [-0.25, -0.2) is 12.7 Å². The molecular formula is C15H11F2NO4S. The van der Waals surface area contributed by atoms with E-state index in [-0.39, 0.29) is 28.3 Å². The number of fused-ring (bicyclic) bond motifs is 1. The SMILES string of the molecule is O=C1c2ccccc2S(=O)(=O)N1Cc1ccccc1OC(F)F. The Kier molecular flexibility index (Phi) is 3.77. The van der Waals surface area contributed by atoms with Crippen LogP contribution in [0, 0.1) is 0 Å². The van der Waals surface area contributed by atoms with Gasteiger partial charge < -0.3 is 4.74 Å². The molecule has 1 aliphatic heterocycles. The molecule has 120 valence electrons. The molecule has 23 heavy (non-hydrogen) atoms. The molecule has 0 bridgehead atoms. The highest BCUT2D eigenvalue weighted by Gasteiger charge is 2.41. The average molecular weight is 339 g/mol. The number of carbonyl (C=O) groups is 1. The lowest BCUT2D eigenvalue weighted by Gasteiger charge is -2.17. The molecule has 5 nitrogen and oxygen atoms in total. The Morgan fingerprint density at radius 2 is 1.70 bits per heavy atom. The predicted octanol–water partition coefficient (Wildman–Crippen LogP) is 2.63. The quantitative estimate of drug-likeness (QED) is 0.859. The minimum Gasteiger partial charge on any atom is -0.434 e. The second-order valence-corrected chi connectivity index (χ2v) is 6.63. The molecule has 0 saturated carbocycles. The number of rotatable bonds is 4. The first-order valence-electron chi connectivity index (χ1n) is 6.60. The lowest BCUT2D eigenvalue weighted by atomic mass is 10.2. The number of alkyl halides is 2.